The Hall–Kier alpha value is -1.48. The van der Waals surface area contributed by atoms with Crippen molar-refractivity contribution in [3.63, 3.8) is 0 Å². The first-order chi connectivity index (χ1) is 8.61. The quantitative estimate of drug-likeness (QED) is 0.756. The predicted molar refractivity (Wildman–Crippen MR) is 75.7 cm³/mol. The van der Waals surface area contributed by atoms with Gasteiger partial charge in [0, 0.05) is 13.2 Å². The number of hydrogen-bond donors (Lipinski definition) is 0. The topological polar surface area (TPSA) is 39.2 Å². The van der Waals surface area contributed by atoms with Crippen LogP contribution in [0.2, 0.25) is 0 Å². The maximum Gasteiger partial charge on any atom is 0.269 e. The van der Waals surface area contributed by atoms with Crippen LogP contribution in [0.1, 0.15) is 33.3 Å². The van der Waals surface area contributed by atoms with E-state index in [1.807, 2.05) is 6.08 Å². The van der Waals surface area contributed by atoms with Gasteiger partial charge in [0.1, 0.15) is 0 Å². The molecule has 1 fully saturated rings. The lowest BCUT2D eigenvalue weighted by molar-refractivity contribution is 0.0580. The fourth-order valence-corrected chi connectivity index (χ4v) is 1.83. The third-order valence-electron chi connectivity index (χ3n) is 2.72. The summed E-state index contributed by atoms with van der Waals surface area (Å²) in [5.41, 5.74) is 0.572. The third kappa shape index (κ3) is 5.73. The summed E-state index contributed by atoms with van der Waals surface area (Å²) >= 11 is 0. The molecule has 0 N–H and O–H groups in total. The van der Waals surface area contributed by atoms with Crippen molar-refractivity contribution in [2.75, 3.05) is 0 Å². The summed E-state index contributed by atoms with van der Waals surface area (Å²) in [4.78, 5) is 14.3. The van der Waals surface area contributed by atoms with E-state index in [9.17, 15) is 4.79 Å². The Bertz CT molecular complexity index is 437. The van der Waals surface area contributed by atoms with Crippen LogP contribution in [0.15, 0.2) is 41.7 Å². The van der Waals surface area contributed by atoms with Gasteiger partial charge in [0.15, 0.2) is 0 Å². The minimum Gasteiger partial charge on any atom is -0.375 e. The molecular formula is C15H23NO2. The van der Waals surface area contributed by atoms with Crippen molar-refractivity contribution in [1.82, 2.24) is 4.98 Å². The molecule has 3 heteroatoms. The summed E-state index contributed by atoms with van der Waals surface area (Å²) in [7, 11) is 0. The normalized spacial score (nSPS) is 21.9. The molecule has 2 heterocycles. The second-order valence-corrected chi connectivity index (χ2v) is 4.48. The molecule has 18 heavy (non-hydrogen) atoms. The number of aryl methyl sites for hydroxylation is 1. The lowest BCUT2D eigenvalue weighted by Gasteiger charge is -2.06. The summed E-state index contributed by atoms with van der Waals surface area (Å²) < 4.78 is 5.53. The molecule has 0 saturated carbocycles. The smallest absolute Gasteiger partial charge is 0.269 e. The first-order valence-corrected chi connectivity index (χ1v) is 6.32. The average Bonchev–Trinajstić information content (AvgIpc) is 2.62. The van der Waals surface area contributed by atoms with E-state index in [4.69, 9.17) is 4.74 Å². The molecule has 2 atom stereocenters. The van der Waals surface area contributed by atoms with Gasteiger partial charge in [-0.2, -0.15) is 0 Å². The molecule has 0 spiro atoms. The van der Waals surface area contributed by atoms with Gasteiger partial charge in [0.05, 0.1) is 12.2 Å². The van der Waals surface area contributed by atoms with E-state index < -0.39 is 0 Å². The number of ether oxygens (including phenoxy) is 1. The van der Waals surface area contributed by atoms with Crippen molar-refractivity contribution in [3.05, 3.63) is 53.0 Å². The van der Waals surface area contributed by atoms with Crippen molar-refractivity contribution in [2.24, 2.45) is 0 Å². The molecule has 1 aliphatic rings. The third-order valence-corrected chi connectivity index (χ3v) is 2.72. The van der Waals surface area contributed by atoms with E-state index in [2.05, 4.69) is 18.5 Å². The Labute approximate surface area is 110 Å². The molecule has 100 valence electrons. The molecule has 1 aromatic heterocycles. The largest absolute Gasteiger partial charge is 0.375 e. The Morgan fingerprint density at radius 2 is 2.22 bits per heavy atom. The minimum atomic E-state index is -0.183. The maximum absolute atomic E-state index is 10.6. The molecule has 3 nitrogen and oxygen atoms in total. The predicted octanol–water partition coefficient (Wildman–Crippen LogP) is 3.13. The van der Waals surface area contributed by atoms with Gasteiger partial charge in [-0.05, 0) is 39.2 Å². The van der Waals surface area contributed by atoms with Gasteiger partial charge < -0.3 is 4.74 Å². The van der Waals surface area contributed by atoms with Crippen LogP contribution in [0, 0.1) is 6.92 Å². The highest BCUT2D eigenvalue weighted by molar-refractivity contribution is 5.00. The Morgan fingerprint density at radius 3 is 2.83 bits per heavy atom. The Morgan fingerprint density at radius 1 is 1.50 bits per heavy atom. The van der Waals surface area contributed by atoms with E-state index in [1.54, 1.807) is 25.1 Å². The van der Waals surface area contributed by atoms with Gasteiger partial charge in [0.25, 0.3) is 5.56 Å². The first-order valence-electron chi connectivity index (χ1n) is 6.32. The van der Waals surface area contributed by atoms with Crippen LogP contribution >= 0.6 is 0 Å². The maximum atomic E-state index is 10.6. The van der Waals surface area contributed by atoms with E-state index in [1.165, 1.54) is 18.9 Å². The highest BCUT2D eigenvalue weighted by Gasteiger charge is 2.19. The standard InChI is InChI=1S/C8H14O.C7H7NO.H2/c1-3-4-8-6-5-7(2)9-8;1-6-4-2-3-5-7(9)8-6;/h3,7-8H,1,4-6H2,2H3;2-5H,1H3;1H/t7-,8+;;/m0../s1. The SMILES string of the molecule is C=CC[C@@H]1CC[C@H](C)O1.Cc1ccccc(=O)n1.[HH]. The van der Waals surface area contributed by atoms with Crippen LogP contribution < -0.4 is 5.56 Å². The summed E-state index contributed by atoms with van der Waals surface area (Å²) in [6, 6.07) is 6.71. The van der Waals surface area contributed by atoms with Crippen molar-refractivity contribution in [1.29, 1.82) is 0 Å². The van der Waals surface area contributed by atoms with Crippen LogP contribution in [-0.2, 0) is 4.74 Å². The summed E-state index contributed by atoms with van der Waals surface area (Å²) in [6.07, 6.45) is 6.34. The van der Waals surface area contributed by atoms with Gasteiger partial charge in [0.2, 0.25) is 0 Å². The molecule has 1 aliphatic heterocycles. The molecule has 0 radical (unpaired) electrons. The van der Waals surface area contributed by atoms with E-state index in [-0.39, 0.29) is 6.99 Å². The molecule has 2 rings (SSSR count). The summed E-state index contributed by atoms with van der Waals surface area (Å²) in [5, 5.41) is 0. The monoisotopic (exact) mass is 249 g/mol. The lowest BCUT2D eigenvalue weighted by atomic mass is 10.1. The molecule has 0 aliphatic carbocycles. The van der Waals surface area contributed by atoms with Crippen LogP contribution in [0.3, 0.4) is 0 Å². The van der Waals surface area contributed by atoms with Crippen LogP contribution in [0.5, 0.6) is 0 Å². The first kappa shape index (κ1) is 14.6. The second-order valence-electron chi connectivity index (χ2n) is 4.48. The fraction of sp³-hybridized carbons (Fsp3) is 0.467. The van der Waals surface area contributed by atoms with E-state index in [0.717, 1.165) is 12.1 Å². The molecule has 1 saturated heterocycles. The number of hydrogen-bond acceptors (Lipinski definition) is 3. The van der Waals surface area contributed by atoms with E-state index >= 15 is 0 Å². The molecule has 1 aromatic rings. The molecule has 0 amide bonds. The van der Waals surface area contributed by atoms with Gasteiger partial charge in [-0.25, -0.2) is 4.98 Å². The van der Waals surface area contributed by atoms with Crippen molar-refractivity contribution < 1.29 is 6.16 Å². The number of aromatic nitrogens is 1. The average molecular weight is 249 g/mol. The molecular weight excluding hydrogens is 226 g/mol. The molecule has 0 bridgehead atoms. The van der Waals surface area contributed by atoms with Gasteiger partial charge in [-0.1, -0.05) is 18.2 Å². The Balaban J connectivity index is 0.000000324. The summed E-state index contributed by atoms with van der Waals surface area (Å²) in [5.74, 6) is 0. The Kier molecular flexibility index (Phi) is 6.29. The highest BCUT2D eigenvalue weighted by atomic mass is 16.5. The molecule has 0 unspecified atom stereocenters. The van der Waals surface area contributed by atoms with Gasteiger partial charge in [-0.3, -0.25) is 4.79 Å². The van der Waals surface area contributed by atoms with E-state index in [0.29, 0.717) is 12.2 Å². The van der Waals surface area contributed by atoms with Gasteiger partial charge >= 0.3 is 0 Å². The van der Waals surface area contributed by atoms with Crippen LogP contribution in [0.4, 0.5) is 0 Å². The lowest BCUT2D eigenvalue weighted by Crippen LogP contribution is -2.05. The minimum absolute atomic E-state index is 0. The summed E-state index contributed by atoms with van der Waals surface area (Å²) in [6.45, 7) is 7.59. The number of rotatable bonds is 2. The zero-order chi connectivity index (χ0) is 13.4. The van der Waals surface area contributed by atoms with Crippen molar-refractivity contribution >= 4 is 0 Å². The number of nitrogens with zero attached hydrogens (tertiary/aromatic N) is 1. The zero-order valence-electron chi connectivity index (χ0n) is 11.1. The van der Waals surface area contributed by atoms with Crippen molar-refractivity contribution in [3.8, 4) is 0 Å². The molecule has 0 aromatic carbocycles. The van der Waals surface area contributed by atoms with Gasteiger partial charge in [-0.15, -0.1) is 6.58 Å². The fourth-order valence-electron chi connectivity index (χ4n) is 1.83. The van der Waals surface area contributed by atoms with Crippen molar-refractivity contribution in [2.45, 2.75) is 45.3 Å². The van der Waals surface area contributed by atoms with Crippen LogP contribution in [0.25, 0.3) is 0 Å². The highest BCUT2D eigenvalue weighted by Crippen LogP contribution is 2.21. The van der Waals surface area contributed by atoms with Crippen LogP contribution in [-0.4, -0.2) is 17.2 Å². The zero-order valence-corrected chi connectivity index (χ0v) is 11.1. The second kappa shape index (κ2) is 7.77.